The maximum Gasteiger partial charge on any atom is 0.245 e. The molecule has 104 valence electrons. The summed E-state index contributed by atoms with van der Waals surface area (Å²) in [6, 6.07) is 5.54. The number of carbonyl (C=O) groups is 1. The molecule has 1 aromatic carbocycles. The average molecular weight is 283 g/mol. The molecule has 1 aromatic rings. The van der Waals surface area contributed by atoms with E-state index in [-0.39, 0.29) is 0 Å². The summed E-state index contributed by atoms with van der Waals surface area (Å²) in [6.07, 6.45) is 5.05. The summed E-state index contributed by atoms with van der Waals surface area (Å²) in [5.74, 6) is 1.41. The first-order valence-corrected chi connectivity index (χ1v) is 6.82. The molecule has 0 aromatic heterocycles. The van der Waals surface area contributed by atoms with E-state index in [4.69, 9.17) is 21.1 Å². The SMILES string of the molecule is CCCCOc1ccc(/C=C/C(=O)Cl)cc1OCC. The fourth-order valence-corrected chi connectivity index (χ4v) is 1.57. The van der Waals surface area contributed by atoms with Gasteiger partial charge in [0.15, 0.2) is 11.5 Å². The van der Waals surface area contributed by atoms with Gasteiger partial charge in [0.25, 0.3) is 0 Å². The zero-order chi connectivity index (χ0) is 14.1. The molecular weight excluding hydrogens is 264 g/mol. The van der Waals surface area contributed by atoms with E-state index in [1.165, 1.54) is 6.08 Å². The molecule has 0 saturated heterocycles. The first kappa shape index (κ1) is 15.6. The lowest BCUT2D eigenvalue weighted by atomic mass is 10.2. The number of halogens is 1. The van der Waals surface area contributed by atoms with Crippen molar-refractivity contribution < 1.29 is 14.3 Å². The molecule has 0 unspecified atom stereocenters. The molecule has 0 amide bonds. The van der Waals surface area contributed by atoms with Gasteiger partial charge in [0.1, 0.15) is 0 Å². The molecule has 0 bridgehead atoms. The van der Waals surface area contributed by atoms with E-state index in [2.05, 4.69) is 6.92 Å². The number of hydrogen-bond acceptors (Lipinski definition) is 3. The van der Waals surface area contributed by atoms with Gasteiger partial charge in [0.05, 0.1) is 13.2 Å². The van der Waals surface area contributed by atoms with E-state index in [0.29, 0.717) is 19.0 Å². The van der Waals surface area contributed by atoms with Crippen LogP contribution in [0.25, 0.3) is 6.08 Å². The van der Waals surface area contributed by atoms with Crippen molar-refractivity contribution in [3.63, 3.8) is 0 Å². The maximum absolute atomic E-state index is 10.7. The molecule has 0 spiro atoms. The average Bonchev–Trinajstić information content (AvgIpc) is 2.39. The highest BCUT2D eigenvalue weighted by molar-refractivity contribution is 6.66. The molecule has 4 heteroatoms. The number of allylic oxidation sites excluding steroid dienone is 1. The molecule has 3 nitrogen and oxygen atoms in total. The highest BCUT2D eigenvalue weighted by atomic mass is 35.5. The quantitative estimate of drug-likeness (QED) is 0.410. The number of rotatable bonds is 8. The molecule has 19 heavy (non-hydrogen) atoms. The molecule has 0 aliphatic carbocycles. The van der Waals surface area contributed by atoms with Gasteiger partial charge in [0.2, 0.25) is 5.24 Å². The first-order valence-electron chi connectivity index (χ1n) is 6.44. The first-order chi connectivity index (χ1) is 9.17. The van der Waals surface area contributed by atoms with Crippen molar-refractivity contribution in [2.75, 3.05) is 13.2 Å². The van der Waals surface area contributed by atoms with Crippen LogP contribution in [-0.4, -0.2) is 18.5 Å². The standard InChI is InChI=1S/C15H19ClO3/c1-3-5-10-19-13-8-6-12(7-9-15(16)17)11-14(13)18-4-2/h6-9,11H,3-5,10H2,1-2H3/b9-7+. The number of ether oxygens (including phenoxy) is 2. The van der Waals surface area contributed by atoms with E-state index >= 15 is 0 Å². The second kappa shape index (κ2) is 8.59. The summed E-state index contributed by atoms with van der Waals surface area (Å²) < 4.78 is 11.2. The molecule has 0 fully saturated rings. The summed E-state index contributed by atoms with van der Waals surface area (Å²) in [5.41, 5.74) is 0.847. The Morgan fingerprint density at radius 3 is 2.68 bits per heavy atom. The molecule has 0 radical (unpaired) electrons. The molecule has 1 rings (SSSR count). The van der Waals surface area contributed by atoms with Crippen LogP contribution in [0.3, 0.4) is 0 Å². The van der Waals surface area contributed by atoms with Gasteiger partial charge >= 0.3 is 0 Å². The predicted octanol–water partition coefficient (Wildman–Crippen LogP) is 4.04. The third-order valence-electron chi connectivity index (χ3n) is 2.43. The Bertz CT molecular complexity index is 441. The molecular formula is C15H19ClO3. The van der Waals surface area contributed by atoms with Crippen molar-refractivity contribution in [2.45, 2.75) is 26.7 Å². The number of hydrogen-bond donors (Lipinski definition) is 0. The Kier molecular flexibility index (Phi) is 7.04. The van der Waals surface area contributed by atoms with Gasteiger partial charge in [0, 0.05) is 0 Å². The zero-order valence-electron chi connectivity index (χ0n) is 11.3. The van der Waals surface area contributed by atoms with Crippen LogP contribution in [0.2, 0.25) is 0 Å². The Morgan fingerprint density at radius 1 is 1.26 bits per heavy atom. The Balaban J connectivity index is 2.84. The van der Waals surface area contributed by atoms with Crippen LogP contribution in [0, 0.1) is 0 Å². The van der Waals surface area contributed by atoms with Gasteiger partial charge < -0.3 is 9.47 Å². The van der Waals surface area contributed by atoms with Crippen molar-refractivity contribution in [3.8, 4) is 11.5 Å². The van der Waals surface area contributed by atoms with Gasteiger partial charge in [-0.3, -0.25) is 4.79 Å². The van der Waals surface area contributed by atoms with Gasteiger partial charge in [-0.15, -0.1) is 0 Å². The third-order valence-corrected chi connectivity index (χ3v) is 2.56. The van der Waals surface area contributed by atoms with Crippen LogP contribution in [0.1, 0.15) is 32.3 Å². The zero-order valence-corrected chi connectivity index (χ0v) is 12.1. The lowest BCUT2D eigenvalue weighted by Gasteiger charge is -2.12. The van der Waals surface area contributed by atoms with E-state index in [1.807, 2.05) is 25.1 Å². The van der Waals surface area contributed by atoms with Crippen molar-refractivity contribution in [2.24, 2.45) is 0 Å². The summed E-state index contributed by atoms with van der Waals surface area (Å²) in [6.45, 7) is 5.27. The summed E-state index contributed by atoms with van der Waals surface area (Å²) in [7, 11) is 0. The molecule has 0 saturated carbocycles. The van der Waals surface area contributed by atoms with Crippen LogP contribution in [-0.2, 0) is 4.79 Å². The molecule has 0 aliphatic rings. The summed E-state index contributed by atoms with van der Waals surface area (Å²) >= 11 is 5.26. The fraction of sp³-hybridized carbons (Fsp3) is 0.400. The normalized spacial score (nSPS) is 10.7. The van der Waals surface area contributed by atoms with Crippen molar-refractivity contribution in [3.05, 3.63) is 29.8 Å². The van der Waals surface area contributed by atoms with Gasteiger partial charge in [-0.2, -0.15) is 0 Å². The topological polar surface area (TPSA) is 35.5 Å². The van der Waals surface area contributed by atoms with Gasteiger partial charge in [-0.25, -0.2) is 0 Å². The number of unbranched alkanes of at least 4 members (excludes halogenated alkanes) is 1. The largest absolute Gasteiger partial charge is 0.490 e. The molecule has 0 heterocycles. The summed E-state index contributed by atoms with van der Waals surface area (Å²) in [5, 5.41) is -0.499. The van der Waals surface area contributed by atoms with E-state index < -0.39 is 5.24 Å². The van der Waals surface area contributed by atoms with E-state index in [1.54, 1.807) is 6.08 Å². The lowest BCUT2D eigenvalue weighted by Crippen LogP contribution is -2.00. The lowest BCUT2D eigenvalue weighted by molar-refractivity contribution is -0.107. The van der Waals surface area contributed by atoms with E-state index in [0.717, 1.165) is 24.2 Å². The maximum atomic E-state index is 10.7. The van der Waals surface area contributed by atoms with Crippen molar-refractivity contribution in [1.29, 1.82) is 0 Å². The highest BCUT2D eigenvalue weighted by Crippen LogP contribution is 2.29. The molecule has 0 N–H and O–H groups in total. The highest BCUT2D eigenvalue weighted by Gasteiger charge is 2.05. The minimum Gasteiger partial charge on any atom is -0.490 e. The van der Waals surface area contributed by atoms with Crippen LogP contribution in [0.15, 0.2) is 24.3 Å². The Labute approximate surface area is 119 Å². The van der Waals surface area contributed by atoms with Crippen LogP contribution in [0.4, 0.5) is 0 Å². The Hall–Kier alpha value is -1.48. The van der Waals surface area contributed by atoms with Crippen molar-refractivity contribution >= 4 is 22.9 Å². The van der Waals surface area contributed by atoms with Crippen molar-refractivity contribution in [1.82, 2.24) is 0 Å². The van der Waals surface area contributed by atoms with Crippen LogP contribution >= 0.6 is 11.6 Å². The van der Waals surface area contributed by atoms with Gasteiger partial charge in [-0.05, 0) is 48.7 Å². The Morgan fingerprint density at radius 2 is 2.05 bits per heavy atom. The molecule has 0 atom stereocenters. The predicted molar refractivity (Wildman–Crippen MR) is 77.9 cm³/mol. The smallest absolute Gasteiger partial charge is 0.245 e. The number of carbonyl (C=O) groups excluding carboxylic acids is 1. The van der Waals surface area contributed by atoms with Crippen LogP contribution in [0.5, 0.6) is 11.5 Å². The fourth-order valence-electron chi connectivity index (χ4n) is 1.50. The van der Waals surface area contributed by atoms with Gasteiger partial charge in [-0.1, -0.05) is 25.5 Å². The second-order valence-electron chi connectivity index (χ2n) is 3.98. The second-order valence-corrected chi connectivity index (χ2v) is 4.35. The minimum atomic E-state index is -0.499. The third kappa shape index (κ3) is 5.79. The molecule has 0 aliphatic heterocycles. The minimum absolute atomic E-state index is 0.499. The summed E-state index contributed by atoms with van der Waals surface area (Å²) in [4.78, 5) is 10.7. The van der Waals surface area contributed by atoms with Crippen LogP contribution < -0.4 is 9.47 Å². The monoisotopic (exact) mass is 282 g/mol. The number of benzene rings is 1. The van der Waals surface area contributed by atoms with E-state index in [9.17, 15) is 4.79 Å².